The second kappa shape index (κ2) is 8.87. The molecule has 0 bridgehead atoms. The Morgan fingerprint density at radius 2 is 2.00 bits per heavy atom. The number of nitrogens with two attached hydrogens (primary N) is 1. The highest BCUT2D eigenvalue weighted by molar-refractivity contribution is 5.85. The Bertz CT molecular complexity index is 575. The SMILES string of the molecule is CC(CN)C(=O)NCC1(c2cccc(C(F)(F)F)c2)CCOCC1.Cl. The van der Waals surface area contributed by atoms with Gasteiger partial charge in [0.2, 0.25) is 5.91 Å². The van der Waals surface area contributed by atoms with E-state index in [0.29, 0.717) is 31.6 Å². The van der Waals surface area contributed by atoms with Gasteiger partial charge in [0.1, 0.15) is 0 Å². The minimum atomic E-state index is -4.39. The average molecular weight is 381 g/mol. The molecule has 1 atom stereocenters. The van der Waals surface area contributed by atoms with E-state index in [9.17, 15) is 18.0 Å². The fourth-order valence-corrected chi connectivity index (χ4v) is 2.89. The summed E-state index contributed by atoms with van der Waals surface area (Å²) in [7, 11) is 0. The van der Waals surface area contributed by atoms with Crippen LogP contribution in [0.5, 0.6) is 0 Å². The van der Waals surface area contributed by atoms with Crippen molar-refractivity contribution in [3.8, 4) is 0 Å². The summed E-state index contributed by atoms with van der Waals surface area (Å²) in [5.74, 6) is -0.515. The third kappa shape index (κ3) is 5.33. The van der Waals surface area contributed by atoms with Crippen molar-refractivity contribution in [3.05, 3.63) is 35.4 Å². The van der Waals surface area contributed by atoms with Crippen molar-refractivity contribution in [2.24, 2.45) is 11.7 Å². The molecule has 0 saturated carbocycles. The second-order valence-electron chi connectivity index (χ2n) is 6.33. The van der Waals surface area contributed by atoms with Crippen LogP contribution in [0.2, 0.25) is 0 Å². The van der Waals surface area contributed by atoms with Gasteiger partial charge in [0.25, 0.3) is 0 Å². The van der Waals surface area contributed by atoms with Crippen molar-refractivity contribution in [1.82, 2.24) is 5.32 Å². The zero-order chi connectivity index (χ0) is 17.8. The van der Waals surface area contributed by atoms with E-state index in [1.165, 1.54) is 12.1 Å². The van der Waals surface area contributed by atoms with E-state index in [1.807, 2.05) is 0 Å². The summed E-state index contributed by atoms with van der Waals surface area (Å²) < 4.78 is 44.4. The summed E-state index contributed by atoms with van der Waals surface area (Å²) in [4.78, 5) is 12.0. The molecule has 1 unspecified atom stereocenters. The van der Waals surface area contributed by atoms with E-state index < -0.39 is 17.2 Å². The maximum atomic E-state index is 13.0. The Balaban J connectivity index is 0.00000312. The standard InChI is InChI=1S/C17H23F3N2O2.ClH/c1-12(10-21)15(23)22-11-16(5-7-24-8-6-16)13-3-2-4-14(9-13)17(18,19)20;/h2-4,9,12H,5-8,10-11,21H2,1H3,(H,22,23);1H. The molecule has 4 nitrogen and oxygen atoms in total. The average Bonchev–Trinajstić information content (AvgIpc) is 2.59. The number of hydrogen-bond donors (Lipinski definition) is 2. The molecule has 1 aliphatic heterocycles. The molecule has 0 aromatic heterocycles. The van der Waals surface area contributed by atoms with Gasteiger partial charge in [-0.1, -0.05) is 25.1 Å². The van der Waals surface area contributed by atoms with Crippen LogP contribution in [0.3, 0.4) is 0 Å². The fourth-order valence-electron chi connectivity index (χ4n) is 2.89. The lowest BCUT2D eigenvalue weighted by molar-refractivity contribution is -0.137. The van der Waals surface area contributed by atoms with Crippen LogP contribution in [-0.2, 0) is 21.1 Å². The molecule has 2 rings (SSSR count). The molecule has 1 fully saturated rings. The van der Waals surface area contributed by atoms with Gasteiger partial charge in [0.05, 0.1) is 5.56 Å². The van der Waals surface area contributed by atoms with Crippen LogP contribution in [-0.4, -0.2) is 32.2 Å². The molecule has 8 heteroatoms. The van der Waals surface area contributed by atoms with Crippen molar-refractivity contribution in [2.45, 2.75) is 31.4 Å². The molecule has 1 amide bonds. The Kier molecular flexibility index (Phi) is 7.71. The minimum Gasteiger partial charge on any atom is -0.381 e. The number of nitrogens with one attached hydrogen (secondary N) is 1. The van der Waals surface area contributed by atoms with Gasteiger partial charge in [0, 0.05) is 37.6 Å². The Labute approximate surface area is 151 Å². The molecule has 1 aromatic carbocycles. The number of carbonyl (C=O) groups excluding carboxylic acids is 1. The van der Waals surface area contributed by atoms with Crippen LogP contribution >= 0.6 is 12.4 Å². The Morgan fingerprint density at radius 1 is 1.36 bits per heavy atom. The minimum absolute atomic E-state index is 0. The first-order valence-corrected chi connectivity index (χ1v) is 8.02. The van der Waals surface area contributed by atoms with Gasteiger partial charge in [-0.15, -0.1) is 12.4 Å². The predicted molar refractivity (Wildman–Crippen MR) is 91.7 cm³/mol. The largest absolute Gasteiger partial charge is 0.416 e. The number of hydrogen-bond acceptors (Lipinski definition) is 3. The van der Waals surface area contributed by atoms with E-state index >= 15 is 0 Å². The number of carbonyl (C=O) groups is 1. The number of benzene rings is 1. The first-order valence-electron chi connectivity index (χ1n) is 8.02. The van der Waals surface area contributed by atoms with Crippen molar-refractivity contribution >= 4 is 18.3 Å². The summed E-state index contributed by atoms with van der Waals surface area (Å²) in [5.41, 5.74) is 4.85. The summed E-state index contributed by atoms with van der Waals surface area (Å²) in [5, 5.41) is 2.84. The summed E-state index contributed by atoms with van der Waals surface area (Å²) in [6.07, 6.45) is -3.27. The van der Waals surface area contributed by atoms with Crippen molar-refractivity contribution in [3.63, 3.8) is 0 Å². The van der Waals surface area contributed by atoms with Gasteiger partial charge in [-0.25, -0.2) is 0 Å². The second-order valence-corrected chi connectivity index (χ2v) is 6.33. The fraction of sp³-hybridized carbons (Fsp3) is 0.588. The van der Waals surface area contributed by atoms with Crippen LogP contribution in [0.4, 0.5) is 13.2 Å². The monoisotopic (exact) mass is 380 g/mol. The molecule has 1 saturated heterocycles. The van der Waals surface area contributed by atoms with Crippen molar-refractivity contribution < 1.29 is 22.7 Å². The van der Waals surface area contributed by atoms with E-state index in [4.69, 9.17) is 10.5 Å². The maximum absolute atomic E-state index is 13.0. The number of halogens is 4. The lowest BCUT2D eigenvalue weighted by Gasteiger charge is -2.38. The zero-order valence-electron chi connectivity index (χ0n) is 14.1. The predicted octanol–water partition coefficient (Wildman–Crippen LogP) is 2.89. The highest BCUT2D eigenvalue weighted by atomic mass is 35.5. The molecule has 1 aromatic rings. The lowest BCUT2D eigenvalue weighted by Crippen LogP contribution is -2.46. The molecule has 1 aliphatic rings. The number of amides is 1. The van der Waals surface area contributed by atoms with Gasteiger partial charge < -0.3 is 15.8 Å². The van der Waals surface area contributed by atoms with E-state index in [-0.39, 0.29) is 37.3 Å². The number of rotatable bonds is 5. The smallest absolute Gasteiger partial charge is 0.381 e. The van der Waals surface area contributed by atoms with Crippen LogP contribution in [0, 0.1) is 5.92 Å². The molecular formula is C17H24ClF3N2O2. The third-order valence-corrected chi connectivity index (χ3v) is 4.65. The topological polar surface area (TPSA) is 64.4 Å². The molecule has 0 radical (unpaired) electrons. The van der Waals surface area contributed by atoms with Gasteiger partial charge in [-0.2, -0.15) is 13.2 Å². The van der Waals surface area contributed by atoms with Crippen molar-refractivity contribution in [1.29, 1.82) is 0 Å². The van der Waals surface area contributed by atoms with Gasteiger partial charge >= 0.3 is 6.18 Å². The maximum Gasteiger partial charge on any atom is 0.416 e. The van der Waals surface area contributed by atoms with Crippen LogP contribution in [0.1, 0.15) is 30.9 Å². The Hall–Kier alpha value is -1.31. The van der Waals surface area contributed by atoms with Gasteiger partial charge in [-0.05, 0) is 24.5 Å². The van der Waals surface area contributed by atoms with Crippen LogP contribution in [0.25, 0.3) is 0 Å². The summed E-state index contributed by atoms with van der Waals surface area (Å²) in [6.45, 7) is 3.14. The van der Waals surface area contributed by atoms with E-state index in [2.05, 4.69) is 5.32 Å². The third-order valence-electron chi connectivity index (χ3n) is 4.65. The van der Waals surface area contributed by atoms with E-state index in [0.717, 1.165) is 6.07 Å². The summed E-state index contributed by atoms with van der Waals surface area (Å²) in [6, 6.07) is 5.36. The molecule has 0 spiro atoms. The molecule has 3 N–H and O–H groups in total. The molecule has 0 aliphatic carbocycles. The van der Waals surface area contributed by atoms with Crippen molar-refractivity contribution in [2.75, 3.05) is 26.3 Å². The lowest BCUT2D eigenvalue weighted by atomic mass is 9.73. The molecular weight excluding hydrogens is 357 g/mol. The molecule has 25 heavy (non-hydrogen) atoms. The first-order chi connectivity index (χ1) is 11.3. The van der Waals surface area contributed by atoms with Gasteiger partial charge in [-0.3, -0.25) is 4.79 Å². The quantitative estimate of drug-likeness (QED) is 0.825. The Morgan fingerprint density at radius 3 is 2.56 bits per heavy atom. The first kappa shape index (κ1) is 21.7. The molecule has 142 valence electrons. The van der Waals surface area contributed by atoms with E-state index in [1.54, 1.807) is 13.0 Å². The van der Waals surface area contributed by atoms with Crippen LogP contribution < -0.4 is 11.1 Å². The van der Waals surface area contributed by atoms with Gasteiger partial charge in [0.15, 0.2) is 0 Å². The number of ether oxygens (including phenoxy) is 1. The highest BCUT2D eigenvalue weighted by Gasteiger charge is 2.37. The molecule has 1 heterocycles. The number of alkyl halides is 3. The highest BCUT2D eigenvalue weighted by Crippen LogP contribution is 2.37. The normalized spacial score (nSPS) is 18.1. The zero-order valence-corrected chi connectivity index (χ0v) is 14.9. The van der Waals surface area contributed by atoms with Crippen LogP contribution in [0.15, 0.2) is 24.3 Å². The summed E-state index contributed by atoms with van der Waals surface area (Å²) >= 11 is 0.